The first kappa shape index (κ1) is 19.8. The van der Waals surface area contributed by atoms with Crippen molar-refractivity contribution >= 4 is 20.0 Å². The van der Waals surface area contributed by atoms with E-state index in [9.17, 15) is 16.8 Å². The quantitative estimate of drug-likeness (QED) is 0.488. The van der Waals surface area contributed by atoms with Gasteiger partial charge in [0.1, 0.15) is 26.2 Å². The van der Waals surface area contributed by atoms with Crippen LogP contribution in [0.2, 0.25) is 0 Å². The molecule has 0 aliphatic carbocycles. The molecule has 0 aliphatic rings. The normalized spacial score (nSPS) is 11.6. The van der Waals surface area contributed by atoms with E-state index in [1.165, 1.54) is 24.3 Å². The zero-order chi connectivity index (χ0) is 17.4. The van der Waals surface area contributed by atoms with Crippen LogP contribution in [-0.2, 0) is 20.0 Å². The second kappa shape index (κ2) is 8.28. The molecule has 0 atom stereocenters. The van der Waals surface area contributed by atoms with Crippen LogP contribution in [0.4, 0.5) is 0 Å². The van der Waals surface area contributed by atoms with Crippen LogP contribution < -0.4 is 0 Å². The Morgan fingerprint density at radius 2 is 0.955 bits per heavy atom. The number of hydrogen-bond acceptors (Lipinski definition) is 8. The number of sulfonamides is 2. The summed E-state index contributed by atoms with van der Waals surface area (Å²) in [6.07, 6.45) is 0. The lowest BCUT2D eigenvalue weighted by Gasteiger charge is -2.25. The molecule has 0 unspecified atom stereocenters. The summed E-state index contributed by atoms with van der Waals surface area (Å²) >= 11 is 0. The Bertz CT molecular complexity index is 664. The highest BCUT2D eigenvalue weighted by atomic mass is 32.3. The average Bonchev–Trinajstić information content (AvgIpc) is 2.45. The Morgan fingerprint density at radius 3 is 1.14 bits per heavy atom. The Labute approximate surface area is 129 Å². The average molecular weight is 344 g/mol. The molecule has 0 bridgehead atoms. The molecular formula is C10H12N6O4S2. The van der Waals surface area contributed by atoms with Crippen molar-refractivity contribution in [1.29, 1.82) is 21.0 Å². The predicted molar refractivity (Wildman–Crippen MR) is 72.9 cm³/mol. The van der Waals surface area contributed by atoms with Gasteiger partial charge in [-0.2, -0.15) is 29.7 Å². The van der Waals surface area contributed by atoms with Crippen LogP contribution in [0, 0.1) is 45.3 Å². The van der Waals surface area contributed by atoms with Crippen LogP contribution >= 0.6 is 0 Å². The van der Waals surface area contributed by atoms with Gasteiger partial charge in [-0.05, 0) is 6.92 Å². The summed E-state index contributed by atoms with van der Waals surface area (Å²) < 4.78 is 47.7. The Morgan fingerprint density at radius 1 is 0.727 bits per heavy atom. The molecule has 0 radical (unpaired) electrons. The SMILES string of the molecule is CC(S(=O)(=O)N(CC#N)CC#N)S(=O)(=O)N(CC#N)CC#N. The van der Waals surface area contributed by atoms with Gasteiger partial charge in [-0.25, -0.2) is 16.8 Å². The molecule has 22 heavy (non-hydrogen) atoms. The minimum atomic E-state index is -4.52. The lowest BCUT2D eigenvalue weighted by atomic mass is 10.6. The molecule has 10 nitrogen and oxygen atoms in total. The van der Waals surface area contributed by atoms with Crippen LogP contribution in [0.1, 0.15) is 6.92 Å². The van der Waals surface area contributed by atoms with Gasteiger partial charge >= 0.3 is 0 Å². The molecule has 0 fully saturated rings. The van der Waals surface area contributed by atoms with Gasteiger partial charge in [0.05, 0.1) is 24.3 Å². The second-order valence-electron chi connectivity index (χ2n) is 3.83. The fraction of sp³-hybridized carbons (Fsp3) is 0.600. The highest BCUT2D eigenvalue weighted by Crippen LogP contribution is 2.18. The lowest BCUT2D eigenvalue weighted by molar-refractivity contribution is 0.458. The third kappa shape index (κ3) is 4.39. The topological polar surface area (TPSA) is 170 Å². The zero-order valence-electron chi connectivity index (χ0n) is 11.5. The predicted octanol–water partition coefficient (Wildman–Crippen LogP) is -1.31. The van der Waals surface area contributed by atoms with Gasteiger partial charge in [0, 0.05) is 0 Å². The summed E-state index contributed by atoms with van der Waals surface area (Å²) in [4.78, 5) is 0. The maximum Gasteiger partial charge on any atom is 0.234 e. The Hall–Kier alpha value is -2.22. The summed E-state index contributed by atoms with van der Waals surface area (Å²) in [7, 11) is -9.05. The molecule has 0 rings (SSSR count). The molecule has 12 heteroatoms. The van der Waals surface area contributed by atoms with E-state index in [4.69, 9.17) is 21.0 Å². The van der Waals surface area contributed by atoms with Crippen LogP contribution in [0.5, 0.6) is 0 Å². The molecule has 0 aromatic carbocycles. The molecule has 0 N–H and O–H groups in total. The highest BCUT2D eigenvalue weighted by molar-refractivity contribution is 8.06. The summed E-state index contributed by atoms with van der Waals surface area (Å²) in [6.45, 7) is -1.90. The van der Waals surface area contributed by atoms with Crippen LogP contribution in [0.15, 0.2) is 0 Å². The van der Waals surface area contributed by atoms with E-state index in [-0.39, 0.29) is 0 Å². The lowest BCUT2D eigenvalue weighted by Crippen LogP contribution is -2.47. The fourth-order valence-corrected chi connectivity index (χ4v) is 5.11. The largest absolute Gasteiger partial charge is 0.234 e. The minimum Gasteiger partial charge on any atom is -0.211 e. The maximum atomic E-state index is 12.2. The van der Waals surface area contributed by atoms with Crippen molar-refractivity contribution in [2.75, 3.05) is 26.2 Å². The molecule has 0 saturated heterocycles. The summed E-state index contributed by atoms with van der Waals surface area (Å²) in [5, 5.41) is 34.3. The van der Waals surface area contributed by atoms with Crippen LogP contribution in [-0.4, -0.2) is 56.2 Å². The van der Waals surface area contributed by atoms with Gasteiger partial charge in [0.15, 0.2) is 4.58 Å². The number of nitriles is 4. The maximum absolute atomic E-state index is 12.2. The van der Waals surface area contributed by atoms with Crippen molar-refractivity contribution in [1.82, 2.24) is 8.61 Å². The van der Waals surface area contributed by atoms with Gasteiger partial charge in [0.25, 0.3) is 0 Å². The fourth-order valence-electron chi connectivity index (χ4n) is 1.36. The van der Waals surface area contributed by atoms with E-state index in [1.54, 1.807) is 0 Å². The number of hydrogen-bond donors (Lipinski definition) is 0. The van der Waals surface area contributed by atoms with Gasteiger partial charge in [-0.3, -0.25) is 0 Å². The van der Waals surface area contributed by atoms with E-state index in [1.807, 2.05) is 0 Å². The zero-order valence-corrected chi connectivity index (χ0v) is 13.2. The Balaban J connectivity index is 5.77. The first-order chi connectivity index (χ1) is 10.2. The minimum absolute atomic E-state index is 0.423. The molecule has 0 heterocycles. The van der Waals surface area contributed by atoms with Crippen LogP contribution in [0.25, 0.3) is 0 Å². The molecule has 0 saturated carbocycles. The molecule has 0 spiro atoms. The van der Waals surface area contributed by atoms with E-state index in [2.05, 4.69) is 0 Å². The van der Waals surface area contributed by atoms with Gasteiger partial charge in [-0.15, -0.1) is 0 Å². The summed E-state index contributed by atoms with van der Waals surface area (Å²) in [6, 6.07) is 6.11. The van der Waals surface area contributed by atoms with Crippen molar-refractivity contribution in [2.45, 2.75) is 11.5 Å². The van der Waals surface area contributed by atoms with Crippen molar-refractivity contribution in [3.05, 3.63) is 0 Å². The molecule has 0 aromatic rings. The third-order valence-electron chi connectivity index (χ3n) is 2.55. The standard InChI is InChI=1S/C10H12N6O4S2/c1-10(21(17,18)15(6-2-11)7-3-12)22(19,20)16(8-4-13)9-5-14/h10H,6-9H2,1H3. The van der Waals surface area contributed by atoms with Gasteiger partial charge in [0.2, 0.25) is 20.0 Å². The van der Waals surface area contributed by atoms with E-state index >= 15 is 0 Å². The van der Waals surface area contributed by atoms with Gasteiger partial charge < -0.3 is 0 Å². The molecule has 0 amide bonds. The Kier molecular flexibility index (Phi) is 7.44. The monoisotopic (exact) mass is 344 g/mol. The first-order valence-electron chi connectivity index (χ1n) is 5.65. The van der Waals surface area contributed by atoms with E-state index < -0.39 is 50.8 Å². The summed E-state index contributed by atoms with van der Waals surface area (Å²) in [5.74, 6) is 0. The van der Waals surface area contributed by atoms with Crippen molar-refractivity contribution in [3.8, 4) is 24.3 Å². The summed E-state index contributed by atoms with van der Waals surface area (Å²) in [5.41, 5.74) is 0. The van der Waals surface area contributed by atoms with Gasteiger partial charge in [-0.1, -0.05) is 0 Å². The van der Waals surface area contributed by atoms with Crippen LogP contribution in [0.3, 0.4) is 0 Å². The van der Waals surface area contributed by atoms with E-state index in [0.717, 1.165) is 6.92 Å². The van der Waals surface area contributed by atoms with E-state index in [0.29, 0.717) is 8.61 Å². The third-order valence-corrected chi connectivity index (χ3v) is 7.64. The smallest absolute Gasteiger partial charge is 0.211 e. The van der Waals surface area contributed by atoms with Crippen molar-refractivity contribution < 1.29 is 16.8 Å². The second-order valence-corrected chi connectivity index (χ2v) is 8.63. The van der Waals surface area contributed by atoms with Crippen molar-refractivity contribution in [2.24, 2.45) is 0 Å². The first-order valence-corrected chi connectivity index (χ1v) is 8.66. The number of rotatable bonds is 8. The molecule has 118 valence electrons. The molecule has 0 aromatic heterocycles. The molecule has 0 aliphatic heterocycles. The highest BCUT2D eigenvalue weighted by Gasteiger charge is 2.41. The van der Waals surface area contributed by atoms with Crippen molar-refractivity contribution in [3.63, 3.8) is 0 Å². The number of nitrogens with zero attached hydrogens (tertiary/aromatic N) is 6. The molecular weight excluding hydrogens is 332 g/mol.